The number of nitro groups is 1. The topological polar surface area (TPSA) is 120 Å². The van der Waals surface area contributed by atoms with Crippen LogP contribution in [-0.4, -0.2) is 22.9 Å². The van der Waals surface area contributed by atoms with E-state index in [0.717, 1.165) is 16.6 Å². The van der Waals surface area contributed by atoms with Crippen LogP contribution in [0.1, 0.15) is 20.9 Å². The molecule has 8 nitrogen and oxygen atoms in total. The number of hydrogen-bond acceptors (Lipinski definition) is 7. The van der Waals surface area contributed by atoms with Gasteiger partial charge >= 0.3 is 0 Å². The van der Waals surface area contributed by atoms with Gasteiger partial charge in [-0.3, -0.25) is 14.9 Å². The van der Waals surface area contributed by atoms with Crippen LogP contribution in [0.5, 0.6) is 0 Å². The first-order chi connectivity index (χ1) is 12.4. The largest absolute Gasteiger partial charge is 0.397 e. The standard InChI is InChI=1S/C17H16N4O4S/c1-9-7-10(8-25-2)13-14(18)15(26-17(13)19-9)16(22)20-11-3-5-12(6-4-11)21(23)24/h3-7H,8,18H2,1-2H3,(H,20,22). The SMILES string of the molecule is COCc1cc(C)nc2sc(C(=O)Nc3ccc([N+](=O)[O-])cc3)c(N)c12. The molecule has 3 rings (SSSR count). The zero-order chi connectivity index (χ0) is 18.8. The zero-order valence-corrected chi connectivity index (χ0v) is 14.9. The van der Waals surface area contributed by atoms with Crippen LogP contribution >= 0.6 is 11.3 Å². The number of amides is 1. The fourth-order valence-electron chi connectivity index (χ4n) is 2.63. The summed E-state index contributed by atoms with van der Waals surface area (Å²) in [6.45, 7) is 2.23. The number of nitrogens with one attached hydrogen (secondary N) is 1. The molecule has 2 heterocycles. The van der Waals surface area contributed by atoms with Gasteiger partial charge in [-0.2, -0.15) is 0 Å². The Morgan fingerprint density at radius 1 is 1.38 bits per heavy atom. The molecule has 26 heavy (non-hydrogen) atoms. The number of nitrogens with zero attached hydrogens (tertiary/aromatic N) is 2. The molecule has 0 saturated heterocycles. The van der Waals surface area contributed by atoms with Crippen molar-refractivity contribution in [2.24, 2.45) is 0 Å². The van der Waals surface area contributed by atoms with Crippen LogP contribution in [0.25, 0.3) is 10.2 Å². The minimum atomic E-state index is -0.499. The second kappa shape index (κ2) is 7.06. The van der Waals surface area contributed by atoms with Crippen molar-refractivity contribution < 1.29 is 14.5 Å². The molecule has 0 radical (unpaired) electrons. The third-order valence-corrected chi connectivity index (χ3v) is 4.85. The van der Waals surface area contributed by atoms with Crippen molar-refractivity contribution in [2.45, 2.75) is 13.5 Å². The molecule has 2 aromatic heterocycles. The number of anilines is 2. The number of methoxy groups -OCH3 is 1. The highest BCUT2D eigenvalue weighted by molar-refractivity contribution is 7.21. The Balaban J connectivity index is 1.94. The first-order valence-electron chi connectivity index (χ1n) is 7.64. The highest BCUT2D eigenvalue weighted by atomic mass is 32.1. The molecular formula is C17H16N4O4S. The van der Waals surface area contributed by atoms with Crippen LogP contribution in [0.2, 0.25) is 0 Å². The van der Waals surface area contributed by atoms with E-state index in [0.29, 0.717) is 27.7 Å². The molecule has 0 aliphatic heterocycles. The number of benzene rings is 1. The Morgan fingerprint density at radius 3 is 2.69 bits per heavy atom. The summed E-state index contributed by atoms with van der Waals surface area (Å²) in [6, 6.07) is 7.47. The molecule has 1 aromatic carbocycles. The molecule has 0 bridgehead atoms. The van der Waals surface area contributed by atoms with Crippen LogP contribution < -0.4 is 11.1 Å². The second-order valence-electron chi connectivity index (χ2n) is 5.64. The monoisotopic (exact) mass is 372 g/mol. The average molecular weight is 372 g/mol. The van der Waals surface area contributed by atoms with Gasteiger partial charge in [0.1, 0.15) is 9.71 Å². The molecule has 1 amide bonds. The van der Waals surface area contributed by atoms with E-state index < -0.39 is 4.92 Å². The highest BCUT2D eigenvalue weighted by Gasteiger charge is 2.20. The number of carbonyl (C=O) groups is 1. The smallest absolute Gasteiger partial charge is 0.269 e. The van der Waals surface area contributed by atoms with E-state index in [4.69, 9.17) is 10.5 Å². The van der Waals surface area contributed by atoms with Crippen molar-refractivity contribution in [3.8, 4) is 0 Å². The Kier molecular flexibility index (Phi) is 4.83. The molecule has 0 unspecified atom stereocenters. The van der Waals surface area contributed by atoms with Crippen molar-refractivity contribution in [1.29, 1.82) is 0 Å². The van der Waals surface area contributed by atoms with Crippen LogP contribution in [0.4, 0.5) is 17.1 Å². The lowest BCUT2D eigenvalue weighted by atomic mass is 10.1. The maximum Gasteiger partial charge on any atom is 0.269 e. The fraction of sp³-hybridized carbons (Fsp3) is 0.176. The lowest BCUT2D eigenvalue weighted by molar-refractivity contribution is -0.384. The van der Waals surface area contributed by atoms with E-state index in [1.807, 2.05) is 13.0 Å². The number of aromatic nitrogens is 1. The van der Waals surface area contributed by atoms with E-state index in [1.165, 1.54) is 35.6 Å². The van der Waals surface area contributed by atoms with Gasteiger partial charge in [-0.15, -0.1) is 11.3 Å². The number of fused-ring (bicyclic) bond motifs is 1. The van der Waals surface area contributed by atoms with E-state index in [1.54, 1.807) is 7.11 Å². The lowest BCUT2D eigenvalue weighted by Gasteiger charge is -2.05. The molecule has 0 spiro atoms. The maximum absolute atomic E-state index is 12.6. The van der Waals surface area contributed by atoms with Gasteiger partial charge in [0.25, 0.3) is 11.6 Å². The third-order valence-electron chi connectivity index (χ3n) is 3.75. The summed E-state index contributed by atoms with van der Waals surface area (Å²) in [6.07, 6.45) is 0. The highest BCUT2D eigenvalue weighted by Crippen LogP contribution is 2.36. The van der Waals surface area contributed by atoms with Gasteiger partial charge in [-0.1, -0.05) is 0 Å². The summed E-state index contributed by atoms with van der Waals surface area (Å²) in [5.74, 6) is -0.389. The van der Waals surface area contributed by atoms with Crippen molar-refractivity contribution in [2.75, 3.05) is 18.2 Å². The number of rotatable bonds is 5. The molecule has 0 aliphatic carbocycles. The van der Waals surface area contributed by atoms with E-state index in [9.17, 15) is 14.9 Å². The van der Waals surface area contributed by atoms with Gasteiger partial charge in [0.05, 0.1) is 17.2 Å². The number of ether oxygens (including phenoxy) is 1. The van der Waals surface area contributed by atoms with Crippen molar-refractivity contribution in [3.63, 3.8) is 0 Å². The minimum Gasteiger partial charge on any atom is -0.397 e. The van der Waals surface area contributed by atoms with Gasteiger partial charge in [0, 0.05) is 36.0 Å². The number of carbonyl (C=O) groups excluding carboxylic acids is 1. The van der Waals surface area contributed by atoms with Crippen LogP contribution in [0.15, 0.2) is 30.3 Å². The first kappa shape index (κ1) is 17.8. The van der Waals surface area contributed by atoms with Crippen molar-refractivity contribution >= 4 is 44.5 Å². The molecule has 0 saturated carbocycles. The number of hydrogen-bond donors (Lipinski definition) is 2. The Morgan fingerprint density at radius 2 is 2.08 bits per heavy atom. The molecule has 0 aliphatic rings. The Bertz CT molecular complexity index is 998. The second-order valence-corrected chi connectivity index (χ2v) is 6.64. The summed E-state index contributed by atoms with van der Waals surface area (Å²) in [5.41, 5.74) is 8.64. The van der Waals surface area contributed by atoms with Gasteiger partial charge in [-0.05, 0) is 30.7 Å². The summed E-state index contributed by atoms with van der Waals surface area (Å²) < 4.78 is 5.21. The number of nitro benzene ring substituents is 1. The van der Waals surface area contributed by atoms with Gasteiger partial charge < -0.3 is 15.8 Å². The van der Waals surface area contributed by atoms with E-state index in [-0.39, 0.29) is 11.6 Å². The molecule has 0 atom stereocenters. The molecule has 3 N–H and O–H groups in total. The normalized spacial score (nSPS) is 10.8. The fourth-order valence-corrected chi connectivity index (χ4v) is 3.71. The summed E-state index contributed by atoms with van der Waals surface area (Å²) >= 11 is 1.20. The summed E-state index contributed by atoms with van der Waals surface area (Å²) in [7, 11) is 1.59. The number of pyridine rings is 1. The minimum absolute atomic E-state index is 0.0479. The predicted octanol–water partition coefficient (Wildman–Crippen LogP) is 3.49. The van der Waals surface area contributed by atoms with E-state index in [2.05, 4.69) is 10.3 Å². The molecular weight excluding hydrogens is 356 g/mol. The molecule has 0 fully saturated rings. The van der Waals surface area contributed by atoms with Gasteiger partial charge in [-0.25, -0.2) is 4.98 Å². The maximum atomic E-state index is 12.6. The van der Waals surface area contributed by atoms with Gasteiger partial charge in [0.2, 0.25) is 0 Å². The average Bonchev–Trinajstić information content (AvgIpc) is 2.92. The number of aryl methyl sites for hydroxylation is 1. The first-order valence-corrected chi connectivity index (χ1v) is 8.45. The quantitative estimate of drug-likeness (QED) is 0.522. The van der Waals surface area contributed by atoms with Crippen LogP contribution in [0.3, 0.4) is 0 Å². The van der Waals surface area contributed by atoms with Crippen molar-refractivity contribution in [3.05, 3.63) is 56.6 Å². The molecule has 134 valence electrons. The zero-order valence-electron chi connectivity index (χ0n) is 14.1. The third kappa shape index (κ3) is 3.35. The van der Waals surface area contributed by atoms with Gasteiger partial charge in [0.15, 0.2) is 0 Å². The predicted molar refractivity (Wildman–Crippen MR) is 101 cm³/mol. The summed E-state index contributed by atoms with van der Waals surface area (Å²) in [5, 5.41) is 14.1. The van der Waals surface area contributed by atoms with Crippen LogP contribution in [-0.2, 0) is 11.3 Å². The Hall–Kier alpha value is -3.04. The van der Waals surface area contributed by atoms with Crippen LogP contribution in [0, 0.1) is 17.0 Å². The number of nitrogen functional groups attached to an aromatic ring is 1. The molecule has 9 heteroatoms. The number of non-ortho nitro benzene ring substituents is 1. The lowest BCUT2D eigenvalue weighted by Crippen LogP contribution is -2.12. The number of nitrogens with two attached hydrogens (primary N) is 1. The molecule has 3 aromatic rings. The number of thiophene rings is 1. The Labute approximate surface area is 152 Å². The van der Waals surface area contributed by atoms with Crippen molar-refractivity contribution in [1.82, 2.24) is 4.98 Å². The summed E-state index contributed by atoms with van der Waals surface area (Å²) in [4.78, 5) is 28.3. The van der Waals surface area contributed by atoms with E-state index >= 15 is 0 Å².